The topological polar surface area (TPSA) is 61.8 Å². The number of rotatable bonds is 7. The van der Waals surface area contributed by atoms with Crippen LogP contribution >= 0.6 is 0 Å². The second-order valence-electron chi connectivity index (χ2n) is 8.13. The second-order valence-corrected chi connectivity index (χ2v) is 8.13. The van der Waals surface area contributed by atoms with Crippen molar-refractivity contribution in [2.75, 3.05) is 6.61 Å². The lowest BCUT2D eigenvalue weighted by Crippen LogP contribution is -2.49. The number of hydrogen-bond donors (Lipinski definition) is 0. The van der Waals surface area contributed by atoms with Gasteiger partial charge in [0.1, 0.15) is 0 Å². The van der Waals surface area contributed by atoms with Gasteiger partial charge in [-0.2, -0.15) is 0 Å². The summed E-state index contributed by atoms with van der Waals surface area (Å²) in [5, 5.41) is 0. The Labute approximate surface area is 168 Å². The monoisotopic (exact) mass is 390 g/mol. The number of aryl methyl sites for hydroxylation is 3. The lowest BCUT2D eigenvalue weighted by atomic mass is 9.82. The molecule has 1 saturated carbocycles. The van der Waals surface area contributed by atoms with Gasteiger partial charge in [-0.05, 0) is 71.1 Å². The molecule has 1 aliphatic carbocycles. The molecule has 1 fully saturated rings. The zero-order chi connectivity index (χ0) is 20.9. The Balaban J connectivity index is 2.13. The van der Waals surface area contributed by atoms with Gasteiger partial charge in [0, 0.05) is 12.8 Å². The molecule has 0 aliphatic heterocycles. The molecular weight excluding hydrogens is 356 g/mol. The summed E-state index contributed by atoms with van der Waals surface area (Å²) in [6, 6.07) is 4.12. The Morgan fingerprint density at radius 1 is 1.11 bits per heavy atom. The number of ether oxygens (including phenoxy) is 3. The van der Waals surface area contributed by atoms with E-state index in [0.29, 0.717) is 25.7 Å². The molecule has 0 atom stereocenters. The lowest BCUT2D eigenvalue weighted by Gasteiger charge is -2.37. The van der Waals surface area contributed by atoms with E-state index in [2.05, 4.69) is 12.1 Å². The van der Waals surface area contributed by atoms with Gasteiger partial charge in [0.15, 0.2) is 0 Å². The number of carbonyl (C=O) groups excluding carboxylic acids is 2. The highest BCUT2D eigenvalue weighted by Crippen LogP contribution is 2.35. The molecule has 156 valence electrons. The summed E-state index contributed by atoms with van der Waals surface area (Å²) in [5.74, 6) is -0.824. The summed E-state index contributed by atoms with van der Waals surface area (Å²) < 4.78 is 17.0. The van der Waals surface area contributed by atoms with E-state index in [0.717, 1.165) is 16.7 Å². The quantitative estimate of drug-likeness (QED) is 0.647. The Morgan fingerprint density at radius 2 is 1.68 bits per heavy atom. The largest absolute Gasteiger partial charge is 0.463 e. The smallest absolute Gasteiger partial charge is 0.350 e. The molecule has 0 N–H and O–H groups in total. The molecule has 0 unspecified atom stereocenters. The molecule has 5 nitrogen and oxygen atoms in total. The Bertz CT molecular complexity index is 676. The van der Waals surface area contributed by atoms with Gasteiger partial charge in [-0.25, -0.2) is 4.79 Å². The molecule has 5 heteroatoms. The van der Waals surface area contributed by atoms with E-state index < -0.39 is 11.6 Å². The third-order valence-corrected chi connectivity index (χ3v) is 5.32. The number of esters is 2. The fourth-order valence-corrected chi connectivity index (χ4v) is 4.08. The standard InChI is InChI=1S/C23H34O5/c1-7-26-22(25)23(10-8-19(9-11-23)27-15(2)3)28-21(24)14-20-17(5)12-16(4)13-18(20)6/h12-13,15,19H,7-11,14H2,1-6H3. The number of benzene rings is 1. The van der Waals surface area contributed by atoms with Gasteiger partial charge in [0.05, 0.1) is 25.2 Å². The van der Waals surface area contributed by atoms with Crippen molar-refractivity contribution in [1.29, 1.82) is 0 Å². The maximum Gasteiger partial charge on any atom is 0.350 e. The number of hydrogen-bond acceptors (Lipinski definition) is 5. The van der Waals surface area contributed by atoms with Crippen LogP contribution in [0.1, 0.15) is 68.7 Å². The van der Waals surface area contributed by atoms with Crippen LogP contribution in [0.4, 0.5) is 0 Å². The summed E-state index contributed by atoms with van der Waals surface area (Å²) in [6.45, 7) is 12.1. The van der Waals surface area contributed by atoms with Crippen molar-refractivity contribution < 1.29 is 23.8 Å². The van der Waals surface area contributed by atoms with Crippen LogP contribution in [0.3, 0.4) is 0 Å². The molecule has 28 heavy (non-hydrogen) atoms. The van der Waals surface area contributed by atoms with E-state index >= 15 is 0 Å². The predicted molar refractivity (Wildman–Crippen MR) is 108 cm³/mol. The maximum atomic E-state index is 12.8. The van der Waals surface area contributed by atoms with Crippen molar-refractivity contribution in [3.63, 3.8) is 0 Å². The van der Waals surface area contributed by atoms with E-state index in [1.54, 1.807) is 6.92 Å². The first-order chi connectivity index (χ1) is 13.2. The van der Waals surface area contributed by atoms with Crippen molar-refractivity contribution in [2.45, 2.75) is 91.5 Å². The van der Waals surface area contributed by atoms with Gasteiger partial charge in [0.2, 0.25) is 5.60 Å². The van der Waals surface area contributed by atoms with Gasteiger partial charge in [-0.1, -0.05) is 17.7 Å². The van der Waals surface area contributed by atoms with Crippen molar-refractivity contribution >= 4 is 11.9 Å². The van der Waals surface area contributed by atoms with Crippen LogP contribution in [0.15, 0.2) is 12.1 Å². The highest BCUT2D eigenvalue weighted by Gasteiger charge is 2.47. The van der Waals surface area contributed by atoms with Crippen LogP contribution < -0.4 is 0 Å². The molecule has 1 aromatic rings. The van der Waals surface area contributed by atoms with Crippen LogP contribution in [0.5, 0.6) is 0 Å². The normalized spacial score (nSPS) is 22.2. The van der Waals surface area contributed by atoms with Gasteiger partial charge >= 0.3 is 11.9 Å². The summed E-state index contributed by atoms with van der Waals surface area (Å²) in [4.78, 5) is 25.5. The molecule has 0 radical (unpaired) electrons. The highest BCUT2D eigenvalue weighted by molar-refractivity contribution is 5.84. The minimum atomic E-state index is -1.20. The third kappa shape index (κ3) is 5.57. The molecule has 0 saturated heterocycles. The Hall–Kier alpha value is -1.88. The van der Waals surface area contributed by atoms with Crippen LogP contribution in [0.25, 0.3) is 0 Å². The molecular formula is C23H34O5. The minimum Gasteiger partial charge on any atom is -0.463 e. The minimum absolute atomic E-state index is 0.0860. The molecule has 1 aromatic carbocycles. The SMILES string of the molecule is CCOC(=O)C1(OC(=O)Cc2c(C)cc(C)cc2C)CCC(OC(C)C)CC1. The van der Waals surface area contributed by atoms with Crippen LogP contribution in [-0.4, -0.2) is 36.4 Å². The van der Waals surface area contributed by atoms with Crippen LogP contribution in [0, 0.1) is 20.8 Å². The molecule has 0 heterocycles. The maximum absolute atomic E-state index is 12.8. The van der Waals surface area contributed by atoms with Crippen LogP contribution in [-0.2, 0) is 30.2 Å². The average molecular weight is 391 g/mol. The molecule has 2 rings (SSSR count). The zero-order valence-electron chi connectivity index (χ0n) is 18.1. The molecule has 0 spiro atoms. The molecule has 0 bridgehead atoms. The Morgan fingerprint density at radius 3 is 2.18 bits per heavy atom. The Kier molecular flexibility index (Phi) is 7.64. The van der Waals surface area contributed by atoms with Gasteiger partial charge in [-0.15, -0.1) is 0 Å². The number of carbonyl (C=O) groups is 2. The van der Waals surface area contributed by atoms with Gasteiger partial charge in [-0.3, -0.25) is 4.79 Å². The van der Waals surface area contributed by atoms with Gasteiger partial charge in [0.25, 0.3) is 0 Å². The molecule has 1 aliphatic rings. The van der Waals surface area contributed by atoms with E-state index in [1.807, 2.05) is 34.6 Å². The second kappa shape index (κ2) is 9.55. The third-order valence-electron chi connectivity index (χ3n) is 5.32. The zero-order valence-corrected chi connectivity index (χ0v) is 18.1. The van der Waals surface area contributed by atoms with E-state index in [1.165, 1.54) is 5.56 Å². The van der Waals surface area contributed by atoms with E-state index in [-0.39, 0.29) is 31.2 Å². The molecule has 0 aromatic heterocycles. The van der Waals surface area contributed by atoms with E-state index in [4.69, 9.17) is 14.2 Å². The fraction of sp³-hybridized carbons (Fsp3) is 0.652. The predicted octanol–water partition coefficient (Wildman–Crippen LogP) is 4.37. The summed E-state index contributed by atoms with van der Waals surface area (Å²) in [6.07, 6.45) is 2.59. The summed E-state index contributed by atoms with van der Waals surface area (Å²) in [7, 11) is 0. The van der Waals surface area contributed by atoms with Crippen LogP contribution in [0.2, 0.25) is 0 Å². The van der Waals surface area contributed by atoms with Crippen molar-refractivity contribution in [3.8, 4) is 0 Å². The first-order valence-corrected chi connectivity index (χ1v) is 10.3. The first-order valence-electron chi connectivity index (χ1n) is 10.3. The van der Waals surface area contributed by atoms with Crippen molar-refractivity contribution in [3.05, 3.63) is 34.4 Å². The highest BCUT2D eigenvalue weighted by atomic mass is 16.6. The fourth-order valence-electron chi connectivity index (χ4n) is 4.08. The van der Waals surface area contributed by atoms with Crippen molar-refractivity contribution in [1.82, 2.24) is 0 Å². The van der Waals surface area contributed by atoms with E-state index in [9.17, 15) is 9.59 Å². The van der Waals surface area contributed by atoms with Crippen molar-refractivity contribution in [2.24, 2.45) is 0 Å². The summed E-state index contributed by atoms with van der Waals surface area (Å²) in [5.41, 5.74) is 3.06. The molecule has 0 amide bonds. The first kappa shape index (κ1) is 22.4. The van der Waals surface area contributed by atoms with Gasteiger partial charge < -0.3 is 14.2 Å². The lowest BCUT2D eigenvalue weighted by molar-refractivity contribution is -0.190. The summed E-state index contributed by atoms with van der Waals surface area (Å²) >= 11 is 0. The average Bonchev–Trinajstić information content (AvgIpc) is 2.59.